The highest BCUT2D eigenvalue weighted by molar-refractivity contribution is 5.50. The average Bonchev–Trinajstić information content (AvgIpc) is 2.47. The maximum Gasteiger partial charge on any atom is 0.305 e. The zero-order valence-electron chi connectivity index (χ0n) is 10.5. The Labute approximate surface area is 117 Å². The molecule has 0 fully saturated rings. The summed E-state index contributed by atoms with van der Waals surface area (Å²) in [7, 11) is 0. The third-order valence-corrected chi connectivity index (χ3v) is 2.64. The number of nitriles is 1. The van der Waals surface area contributed by atoms with Crippen LogP contribution in [-0.2, 0) is 6.54 Å². The second-order valence-corrected chi connectivity index (χ2v) is 4.02. The topological polar surface area (TPSA) is 91.8 Å². The number of rotatable bonds is 4. The first-order valence-corrected chi connectivity index (χ1v) is 5.74. The van der Waals surface area contributed by atoms with Gasteiger partial charge in [0, 0.05) is 18.2 Å². The lowest BCUT2D eigenvalue weighted by Crippen LogP contribution is -2.05. The molecule has 2 aromatic rings. The van der Waals surface area contributed by atoms with Crippen LogP contribution in [0.5, 0.6) is 0 Å². The maximum absolute atomic E-state index is 13.4. The van der Waals surface area contributed by atoms with E-state index < -0.39 is 22.2 Å². The molecule has 0 aliphatic carbocycles. The Morgan fingerprint density at radius 3 is 2.76 bits per heavy atom. The number of halogens is 2. The van der Waals surface area contributed by atoms with E-state index in [-0.39, 0.29) is 23.6 Å². The molecule has 0 saturated carbocycles. The van der Waals surface area contributed by atoms with Crippen LogP contribution in [0.2, 0.25) is 0 Å². The Bertz CT molecular complexity index is 743. The van der Waals surface area contributed by atoms with Crippen molar-refractivity contribution >= 4 is 11.5 Å². The Morgan fingerprint density at radius 1 is 1.33 bits per heavy atom. The number of nitro groups is 1. The van der Waals surface area contributed by atoms with Crippen LogP contribution in [0.4, 0.5) is 20.3 Å². The van der Waals surface area contributed by atoms with Crippen molar-refractivity contribution in [1.29, 1.82) is 5.26 Å². The fraction of sp³-hybridized carbons (Fsp3) is 0.0769. The van der Waals surface area contributed by atoms with Gasteiger partial charge in [-0.3, -0.25) is 10.1 Å². The molecule has 8 heteroatoms. The molecule has 0 aliphatic rings. The van der Waals surface area contributed by atoms with E-state index in [2.05, 4.69) is 10.3 Å². The summed E-state index contributed by atoms with van der Waals surface area (Å²) in [5.74, 6) is -1.02. The molecule has 6 nitrogen and oxygen atoms in total. The van der Waals surface area contributed by atoms with Crippen LogP contribution >= 0.6 is 0 Å². The first kappa shape index (κ1) is 14.3. The van der Waals surface area contributed by atoms with Gasteiger partial charge in [-0.1, -0.05) is 0 Å². The van der Waals surface area contributed by atoms with Crippen molar-refractivity contribution in [2.24, 2.45) is 0 Å². The SMILES string of the molecule is N#Cc1nc(NCc2cc(F)ccc2F)ccc1[N+](=O)[O-]. The summed E-state index contributed by atoms with van der Waals surface area (Å²) in [5.41, 5.74) is -0.696. The van der Waals surface area contributed by atoms with E-state index in [1.165, 1.54) is 6.07 Å². The summed E-state index contributed by atoms with van der Waals surface area (Å²) in [4.78, 5) is 13.7. The molecule has 1 N–H and O–H groups in total. The summed E-state index contributed by atoms with van der Waals surface area (Å²) in [5, 5.41) is 22.1. The molecular formula is C13H8F2N4O2. The monoisotopic (exact) mass is 290 g/mol. The van der Waals surface area contributed by atoms with Crippen LogP contribution in [0.1, 0.15) is 11.3 Å². The van der Waals surface area contributed by atoms with Crippen LogP contribution in [-0.4, -0.2) is 9.91 Å². The lowest BCUT2D eigenvalue weighted by Gasteiger charge is -2.07. The van der Waals surface area contributed by atoms with Crippen LogP contribution in [0.25, 0.3) is 0 Å². The van der Waals surface area contributed by atoms with E-state index in [9.17, 15) is 18.9 Å². The van der Waals surface area contributed by atoms with Gasteiger partial charge in [0.1, 0.15) is 23.5 Å². The van der Waals surface area contributed by atoms with E-state index in [1.807, 2.05) is 0 Å². The molecule has 0 unspecified atom stereocenters. The van der Waals surface area contributed by atoms with Gasteiger partial charge in [0.05, 0.1) is 4.92 Å². The van der Waals surface area contributed by atoms with Crippen molar-refractivity contribution in [3.63, 3.8) is 0 Å². The van der Waals surface area contributed by atoms with E-state index in [4.69, 9.17) is 5.26 Å². The second-order valence-electron chi connectivity index (χ2n) is 4.02. The average molecular weight is 290 g/mol. The molecule has 0 saturated heterocycles. The molecule has 106 valence electrons. The lowest BCUT2D eigenvalue weighted by molar-refractivity contribution is -0.385. The maximum atomic E-state index is 13.4. The molecular weight excluding hydrogens is 282 g/mol. The molecule has 0 amide bonds. The molecule has 0 spiro atoms. The van der Waals surface area contributed by atoms with Crippen molar-refractivity contribution < 1.29 is 13.7 Å². The van der Waals surface area contributed by atoms with Gasteiger partial charge in [-0.15, -0.1) is 0 Å². The lowest BCUT2D eigenvalue weighted by atomic mass is 10.2. The number of nitrogens with zero attached hydrogens (tertiary/aromatic N) is 3. The number of benzene rings is 1. The van der Waals surface area contributed by atoms with Gasteiger partial charge in [-0.25, -0.2) is 13.8 Å². The third-order valence-electron chi connectivity index (χ3n) is 2.64. The molecule has 1 heterocycles. The standard InChI is InChI=1S/C13H8F2N4O2/c14-9-1-2-10(15)8(5-9)7-17-13-4-3-12(19(20)21)11(6-16)18-13/h1-5H,7H2,(H,17,18). The van der Waals surface area contributed by atoms with Gasteiger partial charge in [-0.2, -0.15) is 5.26 Å². The summed E-state index contributed by atoms with van der Waals surface area (Å²) in [6, 6.07) is 7.04. The van der Waals surface area contributed by atoms with Crippen LogP contribution in [0.3, 0.4) is 0 Å². The van der Waals surface area contributed by atoms with Gasteiger partial charge < -0.3 is 5.32 Å². The summed E-state index contributed by atoms with van der Waals surface area (Å²) in [6.07, 6.45) is 0. The van der Waals surface area contributed by atoms with Gasteiger partial charge in [0.15, 0.2) is 0 Å². The molecule has 0 atom stereocenters. The molecule has 0 radical (unpaired) electrons. The van der Waals surface area contributed by atoms with Crippen molar-refractivity contribution in [2.45, 2.75) is 6.54 Å². The second kappa shape index (κ2) is 5.92. The van der Waals surface area contributed by atoms with Crippen molar-refractivity contribution in [3.8, 4) is 6.07 Å². The minimum Gasteiger partial charge on any atom is -0.366 e. The van der Waals surface area contributed by atoms with Gasteiger partial charge in [0.2, 0.25) is 5.69 Å². The quantitative estimate of drug-likeness (QED) is 0.690. The molecule has 2 rings (SSSR count). The number of pyridine rings is 1. The van der Waals surface area contributed by atoms with Gasteiger partial charge >= 0.3 is 5.69 Å². The van der Waals surface area contributed by atoms with E-state index in [0.29, 0.717) is 0 Å². The summed E-state index contributed by atoms with van der Waals surface area (Å²) < 4.78 is 26.4. The minimum atomic E-state index is -0.721. The zero-order chi connectivity index (χ0) is 15.4. The minimum absolute atomic E-state index is 0.0702. The highest BCUT2D eigenvalue weighted by Crippen LogP contribution is 2.19. The summed E-state index contributed by atoms with van der Waals surface area (Å²) >= 11 is 0. The van der Waals surface area contributed by atoms with E-state index in [1.54, 1.807) is 6.07 Å². The molecule has 0 aliphatic heterocycles. The third kappa shape index (κ3) is 3.27. The largest absolute Gasteiger partial charge is 0.366 e. The Balaban J connectivity index is 2.19. The smallest absolute Gasteiger partial charge is 0.305 e. The van der Waals surface area contributed by atoms with Crippen molar-refractivity contribution in [3.05, 3.63) is 63.3 Å². The first-order valence-electron chi connectivity index (χ1n) is 5.74. The fourth-order valence-corrected chi connectivity index (χ4v) is 1.64. The van der Waals surface area contributed by atoms with Crippen LogP contribution < -0.4 is 5.32 Å². The molecule has 21 heavy (non-hydrogen) atoms. The number of hydrogen-bond donors (Lipinski definition) is 1. The van der Waals surface area contributed by atoms with Crippen molar-refractivity contribution in [1.82, 2.24) is 4.98 Å². The number of hydrogen-bond acceptors (Lipinski definition) is 5. The Kier molecular flexibility index (Phi) is 4.04. The first-order chi connectivity index (χ1) is 10.0. The van der Waals surface area contributed by atoms with Gasteiger partial charge in [0.25, 0.3) is 0 Å². The predicted octanol–water partition coefficient (Wildman–Crippen LogP) is 2.75. The molecule has 0 bridgehead atoms. The van der Waals surface area contributed by atoms with E-state index >= 15 is 0 Å². The molecule has 1 aromatic carbocycles. The number of anilines is 1. The van der Waals surface area contributed by atoms with Crippen LogP contribution in [0, 0.1) is 33.1 Å². The Hall–Kier alpha value is -3.08. The predicted molar refractivity (Wildman–Crippen MR) is 69.3 cm³/mol. The van der Waals surface area contributed by atoms with Gasteiger partial charge in [-0.05, 0) is 24.3 Å². The summed E-state index contributed by atoms with van der Waals surface area (Å²) in [6.45, 7) is -0.0702. The highest BCUT2D eigenvalue weighted by Gasteiger charge is 2.15. The highest BCUT2D eigenvalue weighted by atomic mass is 19.1. The number of nitrogens with one attached hydrogen (secondary N) is 1. The fourth-order valence-electron chi connectivity index (χ4n) is 1.64. The van der Waals surface area contributed by atoms with Crippen molar-refractivity contribution in [2.75, 3.05) is 5.32 Å². The van der Waals surface area contributed by atoms with Crippen LogP contribution in [0.15, 0.2) is 30.3 Å². The zero-order valence-corrected chi connectivity index (χ0v) is 10.5. The molecule has 1 aromatic heterocycles. The number of aromatic nitrogens is 1. The Morgan fingerprint density at radius 2 is 2.10 bits per heavy atom. The van der Waals surface area contributed by atoms with E-state index in [0.717, 1.165) is 24.3 Å². The normalized spacial score (nSPS) is 9.95.